The van der Waals surface area contributed by atoms with Crippen molar-refractivity contribution >= 4 is 11.6 Å². The zero-order chi connectivity index (χ0) is 14.7. The molecule has 0 aromatic heterocycles. The number of hydrogen-bond acceptors (Lipinski definition) is 1. The lowest BCUT2D eigenvalue weighted by molar-refractivity contribution is 0.407. The molecule has 0 saturated heterocycles. The molecule has 0 radical (unpaired) electrons. The standard InChI is InChI=1S/C15H12ClF3O/c1-20-15-5-3-10(17)8-11(15)12(16)6-9-2-4-13(18)14(19)7-9/h2-5,7-8,12H,6H2,1H3. The third-order valence-corrected chi connectivity index (χ3v) is 3.32. The van der Waals surface area contributed by atoms with Crippen molar-refractivity contribution in [2.24, 2.45) is 0 Å². The fourth-order valence-electron chi connectivity index (χ4n) is 1.93. The molecule has 0 aliphatic rings. The SMILES string of the molecule is COc1ccc(F)cc1C(Cl)Cc1ccc(F)c(F)c1. The van der Waals surface area contributed by atoms with Crippen LogP contribution in [0, 0.1) is 17.5 Å². The van der Waals surface area contributed by atoms with Gasteiger partial charge in [0.05, 0.1) is 12.5 Å². The molecule has 1 atom stereocenters. The molecule has 0 N–H and O–H groups in total. The lowest BCUT2D eigenvalue weighted by Crippen LogP contribution is -2.01. The lowest BCUT2D eigenvalue weighted by Gasteiger charge is -2.14. The average molecular weight is 301 g/mol. The van der Waals surface area contributed by atoms with E-state index < -0.39 is 22.8 Å². The molecule has 0 saturated carbocycles. The third-order valence-electron chi connectivity index (χ3n) is 2.93. The minimum Gasteiger partial charge on any atom is -0.496 e. The predicted octanol–water partition coefficient (Wildman–Crippen LogP) is 4.64. The summed E-state index contributed by atoms with van der Waals surface area (Å²) in [6.07, 6.45) is 0.235. The van der Waals surface area contributed by atoms with Gasteiger partial charge < -0.3 is 4.74 Å². The number of hydrogen-bond donors (Lipinski definition) is 0. The summed E-state index contributed by atoms with van der Waals surface area (Å²) in [6.45, 7) is 0. The van der Waals surface area contributed by atoms with Gasteiger partial charge in [-0.05, 0) is 42.3 Å². The van der Waals surface area contributed by atoms with Crippen molar-refractivity contribution in [3.8, 4) is 5.75 Å². The van der Waals surface area contributed by atoms with E-state index in [1.807, 2.05) is 0 Å². The van der Waals surface area contributed by atoms with Crippen molar-refractivity contribution in [1.29, 1.82) is 0 Å². The number of halogens is 4. The molecule has 106 valence electrons. The summed E-state index contributed by atoms with van der Waals surface area (Å²) in [4.78, 5) is 0. The second-order valence-corrected chi connectivity index (χ2v) is 4.83. The van der Waals surface area contributed by atoms with Gasteiger partial charge in [-0.2, -0.15) is 0 Å². The Morgan fingerprint density at radius 3 is 2.45 bits per heavy atom. The molecule has 1 nitrogen and oxygen atoms in total. The fraction of sp³-hybridized carbons (Fsp3) is 0.200. The van der Waals surface area contributed by atoms with Crippen LogP contribution < -0.4 is 4.74 Å². The van der Waals surface area contributed by atoms with E-state index in [-0.39, 0.29) is 6.42 Å². The van der Waals surface area contributed by atoms with Gasteiger partial charge in [-0.25, -0.2) is 13.2 Å². The Morgan fingerprint density at radius 1 is 1.05 bits per heavy atom. The lowest BCUT2D eigenvalue weighted by atomic mass is 10.0. The molecular weight excluding hydrogens is 289 g/mol. The number of methoxy groups -OCH3 is 1. The van der Waals surface area contributed by atoms with Crippen LogP contribution in [0.25, 0.3) is 0 Å². The van der Waals surface area contributed by atoms with E-state index in [9.17, 15) is 13.2 Å². The summed E-state index contributed by atoms with van der Waals surface area (Å²) in [5, 5.41) is -0.606. The van der Waals surface area contributed by atoms with E-state index in [1.54, 1.807) is 0 Å². The normalized spacial score (nSPS) is 12.2. The summed E-state index contributed by atoms with van der Waals surface area (Å²) in [5.41, 5.74) is 0.995. The number of rotatable bonds is 4. The third kappa shape index (κ3) is 3.25. The van der Waals surface area contributed by atoms with Gasteiger partial charge in [0, 0.05) is 5.56 Å². The molecular formula is C15H12ClF3O. The van der Waals surface area contributed by atoms with Crippen molar-refractivity contribution in [2.45, 2.75) is 11.8 Å². The first-order valence-electron chi connectivity index (χ1n) is 5.92. The van der Waals surface area contributed by atoms with Crippen molar-refractivity contribution in [3.63, 3.8) is 0 Å². The molecule has 0 heterocycles. The molecule has 2 aromatic rings. The van der Waals surface area contributed by atoms with Crippen molar-refractivity contribution in [3.05, 3.63) is 65.0 Å². The van der Waals surface area contributed by atoms with Gasteiger partial charge in [0.2, 0.25) is 0 Å². The summed E-state index contributed by atoms with van der Waals surface area (Å²) >= 11 is 6.23. The number of ether oxygens (including phenoxy) is 1. The molecule has 0 amide bonds. The molecule has 0 fully saturated rings. The van der Waals surface area contributed by atoms with E-state index in [0.29, 0.717) is 16.9 Å². The van der Waals surface area contributed by atoms with E-state index in [1.165, 1.54) is 31.4 Å². The Morgan fingerprint density at radius 2 is 1.80 bits per heavy atom. The fourth-order valence-corrected chi connectivity index (χ4v) is 2.28. The highest BCUT2D eigenvalue weighted by molar-refractivity contribution is 6.21. The topological polar surface area (TPSA) is 9.23 Å². The highest BCUT2D eigenvalue weighted by Crippen LogP contribution is 2.33. The maximum absolute atomic E-state index is 13.3. The van der Waals surface area contributed by atoms with Gasteiger partial charge in [-0.1, -0.05) is 6.07 Å². The summed E-state index contributed by atoms with van der Waals surface area (Å²) < 4.78 is 44.4. The molecule has 1 unspecified atom stereocenters. The van der Waals surface area contributed by atoms with Crippen molar-refractivity contribution in [1.82, 2.24) is 0 Å². The van der Waals surface area contributed by atoms with Gasteiger partial charge in [0.1, 0.15) is 11.6 Å². The zero-order valence-corrected chi connectivity index (χ0v) is 11.4. The molecule has 0 bridgehead atoms. The van der Waals surface area contributed by atoms with E-state index in [2.05, 4.69) is 0 Å². The first-order valence-corrected chi connectivity index (χ1v) is 6.36. The monoisotopic (exact) mass is 300 g/mol. The van der Waals surface area contributed by atoms with Gasteiger partial charge >= 0.3 is 0 Å². The highest BCUT2D eigenvalue weighted by Gasteiger charge is 2.16. The van der Waals surface area contributed by atoms with Crippen LogP contribution in [0.1, 0.15) is 16.5 Å². The highest BCUT2D eigenvalue weighted by atomic mass is 35.5. The van der Waals surface area contributed by atoms with Crippen LogP contribution in [-0.4, -0.2) is 7.11 Å². The Kier molecular flexibility index (Phi) is 4.55. The van der Waals surface area contributed by atoms with E-state index in [4.69, 9.17) is 16.3 Å². The van der Waals surface area contributed by atoms with Crippen LogP contribution in [0.5, 0.6) is 5.75 Å². The zero-order valence-electron chi connectivity index (χ0n) is 10.7. The van der Waals surface area contributed by atoms with Gasteiger partial charge in [-0.15, -0.1) is 11.6 Å². The summed E-state index contributed by atoms with van der Waals surface area (Å²) in [6, 6.07) is 7.58. The molecule has 0 aliphatic carbocycles. The molecule has 20 heavy (non-hydrogen) atoms. The Hall–Kier alpha value is -1.68. The minimum absolute atomic E-state index is 0.235. The molecule has 0 aliphatic heterocycles. The van der Waals surface area contributed by atoms with E-state index >= 15 is 0 Å². The second-order valence-electron chi connectivity index (χ2n) is 4.31. The Labute approximate surface area is 119 Å². The van der Waals surface area contributed by atoms with Crippen LogP contribution in [0.3, 0.4) is 0 Å². The molecule has 0 spiro atoms. The largest absolute Gasteiger partial charge is 0.496 e. The van der Waals surface area contributed by atoms with Crippen molar-refractivity contribution < 1.29 is 17.9 Å². The maximum atomic E-state index is 13.3. The smallest absolute Gasteiger partial charge is 0.159 e. The van der Waals surface area contributed by atoms with Crippen LogP contribution in [-0.2, 0) is 6.42 Å². The van der Waals surface area contributed by atoms with Gasteiger partial charge in [0.15, 0.2) is 11.6 Å². The predicted molar refractivity (Wildman–Crippen MR) is 71.6 cm³/mol. The van der Waals surface area contributed by atoms with Crippen LogP contribution in [0.4, 0.5) is 13.2 Å². The first kappa shape index (κ1) is 14.7. The molecule has 5 heteroatoms. The first-order chi connectivity index (χ1) is 9.51. The van der Waals surface area contributed by atoms with Crippen LogP contribution in [0.2, 0.25) is 0 Å². The van der Waals surface area contributed by atoms with Gasteiger partial charge in [-0.3, -0.25) is 0 Å². The van der Waals surface area contributed by atoms with Gasteiger partial charge in [0.25, 0.3) is 0 Å². The van der Waals surface area contributed by atoms with E-state index in [0.717, 1.165) is 12.1 Å². The quantitative estimate of drug-likeness (QED) is 0.748. The van der Waals surface area contributed by atoms with Crippen LogP contribution in [0.15, 0.2) is 36.4 Å². The molecule has 2 aromatic carbocycles. The maximum Gasteiger partial charge on any atom is 0.159 e. The summed E-state index contributed by atoms with van der Waals surface area (Å²) in [7, 11) is 1.46. The van der Waals surface area contributed by atoms with Crippen molar-refractivity contribution in [2.75, 3.05) is 7.11 Å². The number of alkyl halides is 1. The van der Waals surface area contributed by atoms with Crippen LogP contribution >= 0.6 is 11.6 Å². The molecule has 2 rings (SSSR count). The Bertz CT molecular complexity index is 616. The average Bonchev–Trinajstić information content (AvgIpc) is 2.43. The number of benzene rings is 2. The Balaban J connectivity index is 2.25. The summed E-state index contributed by atoms with van der Waals surface area (Å²) in [5.74, 6) is -1.83. The minimum atomic E-state index is -0.933. The second kappa shape index (κ2) is 6.18.